The van der Waals surface area contributed by atoms with Gasteiger partial charge in [-0.3, -0.25) is 0 Å². The number of aryl methyl sites for hydroxylation is 1. The number of nitrogens with two attached hydrogens (primary N) is 1. The van der Waals surface area contributed by atoms with Gasteiger partial charge in [0.2, 0.25) is 0 Å². The summed E-state index contributed by atoms with van der Waals surface area (Å²) in [5.41, 5.74) is 10.1. The molecule has 4 nitrogen and oxygen atoms in total. The van der Waals surface area contributed by atoms with Gasteiger partial charge < -0.3 is 11.1 Å². The summed E-state index contributed by atoms with van der Waals surface area (Å²) in [6.45, 7) is 3.46. The number of rotatable bonds is 5. The second-order valence-electron chi connectivity index (χ2n) is 5.30. The highest BCUT2D eigenvalue weighted by Gasteiger charge is 2.28. The van der Waals surface area contributed by atoms with Crippen molar-refractivity contribution in [1.82, 2.24) is 9.97 Å². The maximum absolute atomic E-state index is 5.56. The molecule has 3 N–H and O–H groups in total. The van der Waals surface area contributed by atoms with Crippen molar-refractivity contribution in [2.75, 3.05) is 18.4 Å². The first-order valence-electron chi connectivity index (χ1n) is 7.16. The fourth-order valence-corrected chi connectivity index (χ4v) is 2.36. The average Bonchev–Trinajstić information content (AvgIpc) is 3.30. The summed E-state index contributed by atoms with van der Waals surface area (Å²) < 4.78 is 0. The Morgan fingerprint density at radius 3 is 2.80 bits per heavy atom. The molecule has 1 saturated carbocycles. The van der Waals surface area contributed by atoms with Crippen molar-refractivity contribution in [2.24, 2.45) is 5.73 Å². The van der Waals surface area contributed by atoms with Gasteiger partial charge in [0.25, 0.3) is 0 Å². The van der Waals surface area contributed by atoms with Crippen LogP contribution in [-0.4, -0.2) is 23.1 Å². The standard InChI is InChI=1S/C16H20N4/c1-11-4-2-3-5-13(11)16-19-10-14(18-9-8-17)15(20-16)12-6-7-12/h2-5,10,12,18H,6-9,17H2,1H3. The van der Waals surface area contributed by atoms with E-state index in [4.69, 9.17) is 10.7 Å². The third-order valence-electron chi connectivity index (χ3n) is 3.63. The van der Waals surface area contributed by atoms with Crippen LogP contribution in [-0.2, 0) is 0 Å². The minimum atomic E-state index is 0.584. The predicted octanol–water partition coefficient (Wildman–Crippen LogP) is 2.70. The zero-order valence-corrected chi connectivity index (χ0v) is 11.8. The number of benzene rings is 1. The molecule has 0 bridgehead atoms. The maximum Gasteiger partial charge on any atom is 0.159 e. The minimum Gasteiger partial charge on any atom is -0.381 e. The molecule has 1 heterocycles. The molecule has 0 saturated heterocycles. The lowest BCUT2D eigenvalue weighted by atomic mass is 10.1. The second kappa shape index (κ2) is 5.59. The molecule has 0 amide bonds. The van der Waals surface area contributed by atoms with Crippen molar-refractivity contribution < 1.29 is 0 Å². The van der Waals surface area contributed by atoms with Gasteiger partial charge in [0, 0.05) is 24.6 Å². The molecule has 1 aliphatic carbocycles. The Bertz CT molecular complexity index is 605. The monoisotopic (exact) mass is 268 g/mol. The molecule has 0 aliphatic heterocycles. The molecule has 0 radical (unpaired) electrons. The Morgan fingerprint density at radius 1 is 1.30 bits per heavy atom. The van der Waals surface area contributed by atoms with Crippen LogP contribution in [0.1, 0.15) is 30.0 Å². The molecule has 1 aromatic heterocycles. The molecule has 4 heteroatoms. The highest BCUT2D eigenvalue weighted by molar-refractivity contribution is 5.62. The Hall–Kier alpha value is -1.94. The summed E-state index contributed by atoms with van der Waals surface area (Å²) in [5.74, 6) is 1.41. The average molecular weight is 268 g/mol. The fraction of sp³-hybridized carbons (Fsp3) is 0.375. The molecule has 0 atom stereocenters. The highest BCUT2D eigenvalue weighted by Crippen LogP contribution is 2.42. The summed E-state index contributed by atoms with van der Waals surface area (Å²) in [7, 11) is 0. The van der Waals surface area contributed by atoms with Gasteiger partial charge in [-0.25, -0.2) is 9.97 Å². The third-order valence-corrected chi connectivity index (χ3v) is 3.63. The van der Waals surface area contributed by atoms with Gasteiger partial charge in [-0.05, 0) is 25.3 Å². The Balaban J connectivity index is 1.97. The van der Waals surface area contributed by atoms with E-state index in [0.717, 1.165) is 29.3 Å². The first kappa shape index (κ1) is 13.1. The summed E-state index contributed by atoms with van der Waals surface area (Å²) in [4.78, 5) is 9.32. The second-order valence-corrected chi connectivity index (χ2v) is 5.30. The topological polar surface area (TPSA) is 63.8 Å². The van der Waals surface area contributed by atoms with E-state index in [2.05, 4.69) is 29.4 Å². The fourth-order valence-electron chi connectivity index (χ4n) is 2.36. The van der Waals surface area contributed by atoms with Gasteiger partial charge in [0.15, 0.2) is 5.82 Å². The van der Waals surface area contributed by atoms with Crippen LogP contribution in [0.5, 0.6) is 0 Å². The van der Waals surface area contributed by atoms with Crippen molar-refractivity contribution in [2.45, 2.75) is 25.7 Å². The van der Waals surface area contributed by atoms with E-state index in [1.807, 2.05) is 18.3 Å². The molecule has 1 aliphatic rings. The Labute approximate surface area is 119 Å². The van der Waals surface area contributed by atoms with Crippen LogP contribution < -0.4 is 11.1 Å². The van der Waals surface area contributed by atoms with Crippen LogP contribution >= 0.6 is 0 Å². The van der Waals surface area contributed by atoms with Crippen LogP contribution in [0.3, 0.4) is 0 Å². The van der Waals surface area contributed by atoms with E-state index in [1.54, 1.807) is 0 Å². The normalized spacial score (nSPS) is 14.3. The molecule has 1 fully saturated rings. The number of hydrogen-bond donors (Lipinski definition) is 2. The van der Waals surface area contributed by atoms with E-state index < -0.39 is 0 Å². The quantitative estimate of drug-likeness (QED) is 0.875. The van der Waals surface area contributed by atoms with Crippen molar-refractivity contribution in [1.29, 1.82) is 0 Å². The van der Waals surface area contributed by atoms with E-state index in [0.29, 0.717) is 12.5 Å². The van der Waals surface area contributed by atoms with Crippen molar-refractivity contribution in [3.63, 3.8) is 0 Å². The van der Waals surface area contributed by atoms with Crippen molar-refractivity contribution in [3.05, 3.63) is 41.7 Å². The lowest BCUT2D eigenvalue weighted by Gasteiger charge is -2.12. The van der Waals surface area contributed by atoms with Crippen LogP contribution in [0, 0.1) is 6.92 Å². The Morgan fingerprint density at radius 2 is 2.10 bits per heavy atom. The SMILES string of the molecule is Cc1ccccc1-c1ncc(NCCN)c(C2CC2)n1. The zero-order valence-electron chi connectivity index (χ0n) is 11.8. The molecular weight excluding hydrogens is 248 g/mol. The van der Waals surface area contributed by atoms with Gasteiger partial charge in [-0.2, -0.15) is 0 Å². The number of nitrogens with one attached hydrogen (secondary N) is 1. The van der Waals surface area contributed by atoms with E-state index in [9.17, 15) is 0 Å². The maximum atomic E-state index is 5.56. The van der Waals surface area contributed by atoms with E-state index >= 15 is 0 Å². The lowest BCUT2D eigenvalue weighted by molar-refractivity contribution is 0.963. The van der Waals surface area contributed by atoms with Crippen molar-refractivity contribution in [3.8, 4) is 11.4 Å². The number of anilines is 1. The highest BCUT2D eigenvalue weighted by atomic mass is 15.0. The number of nitrogens with zero attached hydrogens (tertiary/aromatic N) is 2. The summed E-state index contributed by atoms with van der Waals surface area (Å²) >= 11 is 0. The van der Waals surface area contributed by atoms with Crippen molar-refractivity contribution >= 4 is 5.69 Å². The number of hydrogen-bond acceptors (Lipinski definition) is 4. The molecule has 0 unspecified atom stereocenters. The molecular formula is C16H20N4. The van der Waals surface area contributed by atoms with Gasteiger partial charge in [-0.15, -0.1) is 0 Å². The zero-order chi connectivity index (χ0) is 13.9. The third kappa shape index (κ3) is 2.65. The molecule has 104 valence electrons. The first-order chi connectivity index (χ1) is 9.79. The van der Waals surface area contributed by atoms with E-state index in [-0.39, 0.29) is 0 Å². The molecule has 1 aromatic carbocycles. The predicted molar refractivity (Wildman–Crippen MR) is 81.7 cm³/mol. The van der Waals surface area contributed by atoms with Gasteiger partial charge >= 0.3 is 0 Å². The van der Waals surface area contributed by atoms with Crippen LogP contribution in [0.4, 0.5) is 5.69 Å². The molecule has 3 rings (SSSR count). The van der Waals surface area contributed by atoms with Gasteiger partial charge in [-0.1, -0.05) is 24.3 Å². The number of aromatic nitrogens is 2. The largest absolute Gasteiger partial charge is 0.381 e. The van der Waals surface area contributed by atoms with Crippen LogP contribution in [0.15, 0.2) is 30.5 Å². The first-order valence-corrected chi connectivity index (χ1v) is 7.16. The summed E-state index contributed by atoms with van der Waals surface area (Å²) in [5, 5.41) is 3.33. The van der Waals surface area contributed by atoms with E-state index in [1.165, 1.54) is 18.4 Å². The smallest absolute Gasteiger partial charge is 0.159 e. The van der Waals surface area contributed by atoms with Crippen LogP contribution in [0.2, 0.25) is 0 Å². The molecule has 0 spiro atoms. The van der Waals surface area contributed by atoms with Gasteiger partial charge in [0.05, 0.1) is 17.6 Å². The summed E-state index contributed by atoms with van der Waals surface area (Å²) in [6, 6.07) is 8.24. The Kier molecular flexibility index (Phi) is 3.65. The lowest BCUT2D eigenvalue weighted by Crippen LogP contribution is -2.15. The van der Waals surface area contributed by atoms with Gasteiger partial charge in [0.1, 0.15) is 0 Å². The van der Waals surface area contributed by atoms with Crippen LogP contribution in [0.25, 0.3) is 11.4 Å². The minimum absolute atomic E-state index is 0.584. The summed E-state index contributed by atoms with van der Waals surface area (Å²) in [6.07, 6.45) is 4.35. The molecule has 20 heavy (non-hydrogen) atoms. The molecule has 2 aromatic rings.